The summed E-state index contributed by atoms with van der Waals surface area (Å²) in [6.07, 6.45) is 0.690. The van der Waals surface area contributed by atoms with Crippen molar-refractivity contribution in [1.29, 1.82) is 0 Å². The first-order chi connectivity index (χ1) is 13.3. The van der Waals surface area contributed by atoms with Crippen molar-refractivity contribution in [3.05, 3.63) is 62.8 Å². The molecule has 1 amide bonds. The molecule has 7 heteroatoms. The number of H-pyrrole nitrogens is 1. The molecule has 0 aliphatic carbocycles. The van der Waals surface area contributed by atoms with E-state index in [0.717, 1.165) is 28.0 Å². The zero-order chi connectivity index (χ0) is 20.0. The number of anilines is 1. The predicted octanol–water partition coefficient (Wildman–Crippen LogP) is 2.20. The van der Waals surface area contributed by atoms with Crippen molar-refractivity contribution >= 4 is 22.6 Å². The summed E-state index contributed by atoms with van der Waals surface area (Å²) in [5, 5.41) is 0.767. The normalized spacial score (nSPS) is 13.5. The third-order valence-corrected chi connectivity index (χ3v) is 5.09. The van der Waals surface area contributed by atoms with E-state index in [4.69, 9.17) is 0 Å². The van der Waals surface area contributed by atoms with Crippen molar-refractivity contribution in [3.63, 3.8) is 0 Å². The summed E-state index contributed by atoms with van der Waals surface area (Å²) in [6, 6.07) is 7.10. The number of hydrogen-bond donors (Lipinski definition) is 1. The van der Waals surface area contributed by atoms with Crippen LogP contribution >= 0.6 is 0 Å². The summed E-state index contributed by atoms with van der Waals surface area (Å²) in [6.45, 7) is 4.82. The molecule has 1 aliphatic rings. The van der Waals surface area contributed by atoms with Gasteiger partial charge in [-0.3, -0.25) is 9.59 Å². The second-order valence-electron chi connectivity index (χ2n) is 7.49. The van der Waals surface area contributed by atoms with E-state index in [1.807, 2.05) is 51.0 Å². The number of fused-ring (bicyclic) bond motifs is 2. The van der Waals surface area contributed by atoms with Crippen molar-refractivity contribution in [2.75, 3.05) is 25.5 Å². The number of amides is 1. The third-order valence-electron chi connectivity index (χ3n) is 5.09. The van der Waals surface area contributed by atoms with Crippen LogP contribution in [0.25, 0.3) is 10.9 Å². The van der Waals surface area contributed by atoms with E-state index in [1.54, 1.807) is 4.90 Å². The molecule has 0 saturated carbocycles. The van der Waals surface area contributed by atoms with Crippen molar-refractivity contribution in [2.24, 2.45) is 0 Å². The summed E-state index contributed by atoms with van der Waals surface area (Å²) in [7, 11) is 3.93. The molecule has 7 nitrogen and oxygen atoms in total. The first kappa shape index (κ1) is 18.2. The van der Waals surface area contributed by atoms with Gasteiger partial charge in [0, 0.05) is 43.2 Å². The van der Waals surface area contributed by atoms with Crippen LogP contribution in [0.5, 0.6) is 0 Å². The average molecular weight is 377 g/mol. The summed E-state index contributed by atoms with van der Waals surface area (Å²) in [4.78, 5) is 41.1. The number of pyridine rings is 1. The van der Waals surface area contributed by atoms with Crippen molar-refractivity contribution in [3.8, 4) is 0 Å². The number of rotatable bonds is 2. The fourth-order valence-electron chi connectivity index (χ4n) is 3.79. The molecule has 1 aliphatic heterocycles. The van der Waals surface area contributed by atoms with Gasteiger partial charge in [0.05, 0.1) is 17.8 Å². The highest BCUT2D eigenvalue weighted by Gasteiger charge is 2.27. The minimum Gasteiger partial charge on any atom is -0.362 e. The Balaban J connectivity index is 1.75. The molecule has 0 unspecified atom stereocenters. The summed E-state index contributed by atoms with van der Waals surface area (Å²) in [5.41, 5.74) is 3.84. The Bertz CT molecular complexity index is 1150. The highest BCUT2D eigenvalue weighted by atomic mass is 16.2. The van der Waals surface area contributed by atoms with Crippen LogP contribution in [0.15, 0.2) is 29.1 Å². The quantitative estimate of drug-likeness (QED) is 0.740. The zero-order valence-electron chi connectivity index (χ0n) is 16.5. The largest absolute Gasteiger partial charge is 0.362 e. The van der Waals surface area contributed by atoms with Gasteiger partial charge in [-0.15, -0.1) is 0 Å². The zero-order valence-corrected chi connectivity index (χ0v) is 16.5. The number of nitrogens with zero attached hydrogens (tertiary/aromatic N) is 4. The van der Waals surface area contributed by atoms with Crippen LogP contribution in [0.3, 0.4) is 0 Å². The molecule has 0 fully saturated rings. The van der Waals surface area contributed by atoms with E-state index < -0.39 is 0 Å². The minimum absolute atomic E-state index is 0.144. The van der Waals surface area contributed by atoms with Crippen LogP contribution in [0.2, 0.25) is 0 Å². The van der Waals surface area contributed by atoms with Gasteiger partial charge in [0.15, 0.2) is 0 Å². The monoisotopic (exact) mass is 377 g/mol. The van der Waals surface area contributed by atoms with E-state index in [2.05, 4.69) is 15.0 Å². The Morgan fingerprint density at radius 2 is 1.96 bits per heavy atom. The number of carbonyl (C=O) groups excluding carboxylic acids is 1. The number of nitrogens with one attached hydrogen (secondary N) is 1. The van der Waals surface area contributed by atoms with Gasteiger partial charge in [0.25, 0.3) is 5.91 Å². The third kappa shape index (κ3) is 3.13. The molecular weight excluding hydrogens is 354 g/mol. The Kier molecular flexibility index (Phi) is 4.37. The van der Waals surface area contributed by atoms with Crippen molar-refractivity contribution < 1.29 is 4.79 Å². The molecular formula is C21H23N5O2. The fourth-order valence-corrected chi connectivity index (χ4v) is 3.79. The Labute approximate surface area is 163 Å². The maximum absolute atomic E-state index is 13.3. The topological polar surface area (TPSA) is 82.2 Å². The number of carbonyl (C=O) groups is 1. The molecule has 0 bridgehead atoms. The van der Waals surface area contributed by atoms with E-state index in [0.29, 0.717) is 36.4 Å². The first-order valence-corrected chi connectivity index (χ1v) is 9.30. The number of aromatic amines is 1. The van der Waals surface area contributed by atoms with Gasteiger partial charge in [-0.05, 0) is 32.4 Å². The molecule has 3 aromatic rings. The minimum atomic E-state index is -0.273. The molecule has 3 heterocycles. The maximum Gasteiger partial charge on any atom is 0.255 e. The van der Waals surface area contributed by atoms with Gasteiger partial charge in [0.2, 0.25) is 5.56 Å². The average Bonchev–Trinajstić information content (AvgIpc) is 2.65. The Hall–Kier alpha value is -3.22. The highest BCUT2D eigenvalue weighted by molar-refractivity contribution is 6.06. The summed E-state index contributed by atoms with van der Waals surface area (Å²) < 4.78 is 0. The molecule has 0 radical (unpaired) electrons. The molecule has 0 atom stereocenters. The molecule has 1 aromatic carbocycles. The van der Waals surface area contributed by atoms with E-state index >= 15 is 0 Å². The second kappa shape index (κ2) is 6.74. The van der Waals surface area contributed by atoms with Gasteiger partial charge in [-0.25, -0.2) is 9.97 Å². The molecule has 28 heavy (non-hydrogen) atoms. The number of aryl methyl sites for hydroxylation is 2. The summed E-state index contributed by atoms with van der Waals surface area (Å²) >= 11 is 0. The lowest BCUT2D eigenvalue weighted by molar-refractivity contribution is 0.0733. The SMILES string of the molecule is Cc1ccc2[nH]c(=O)cc(C(=O)N3CCc4c(nc(C)nc4N(C)C)C3)c2c1. The van der Waals surface area contributed by atoms with Crippen LogP contribution in [0.4, 0.5) is 5.82 Å². The lowest BCUT2D eigenvalue weighted by Crippen LogP contribution is -2.38. The van der Waals surface area contributed by atoms with Crippen LogP contribution in [0.1, 0.15) is 33.0 Å². The summed E-state index contributed by atoms with van der Waals surface area (Å²) in [5.74, 6) is 1.45. The fraction of sp³-hybridized carbons (Fsp3) is 0.333. The van der Waals surface area contributed by atoms with E-state index in [-0.39, 0.29) is 11.5 Å². The molecule has 4 rings (SSSR count). The second-order valence-corrected chi connectivity index (χ2v) is 7.49. The van der Waals surface area contributed by atoms with Gasteiger partial charge in [0.1, 0.15) is 11.6 Å². The van der Waals surface area contributed by atoms with E-state index in [1.165, 1.54) is 6.07 Å². The lowest BCUT2D eigenvalue weighted by atomic mass is 10.0. The van der Waals surface area contributed by atoms with Crippen LogP contribution in [0, 0.1) is 13.8 Å². The highest BCUT2D eigenvalue weighted by Crippen LogP contribution is 2.27. The Morgan fingerprint density at radius 3 is 2.71 bits per heavy atom. The predicted molar refractivity (Wildman–Crippen MR) is 109 cm³/mol. The Morgan fingerprint density at radius 1 is 1.18 bits per heavy atom. The standard InChI is InChI=1S/C21H23N5O2/c1-12-5-6-17-15(9-12)16(10-19(27)24-17)21(28)26-8-7-14-18(11-26)22-13(2)23-20(14)25(3)4/h5-6,9-10H,7-8,11H2,1-4H3,(H,24,27). The molecule has 2 aromatic heterocycles. The van der Waals surface area contributed by atoms with Gasteiger partial charge < -0.3 is 14.8 Å². The van der Waals surface area contributed by atoms with Gasteiger partial charge in [-0.1, -0.05) is 11.6 Å². The number of benzene rings is 1. The smallest absolute Gasteiger partial charge is 0.255 e. The van der Waals surface area contributed by atoms with Crippen molar-refractivity contribution in [1.82, 2.24) is 19.9 Å². The van der Waals surface area contributed by atoms with Crippen molar-refractivity contribution in [2.45, 2.75) is 26.8 Å². The number of hydrogen-bond acceptors (Lipinski definition) is 5. The van der Waals surface area contributed by atoms with Crippen LogP contribution < -0.4 is 10.5 Å². The molecule has 144 valence electrons. The lowest BCUT2D eigenvalue weighted by Gasteiger charge is -2.30. The van der Waals surface area contributed by atoms with Crippen LogP contribution in [-0.2, 0) is 13.0 Å². The molecule has 0 spiro atoms. The van der Waals surface area contributed by atoms with Gasteiger partial charge >= 0.3 is 0 Å². The molecule has 1 N–H and O–H groups in total. The number of aromatic nitrogens is 3. The molecule has 0 saturated heterocycles. The first-order valence-electron chi connectivity index (χ1n) is 9.30. The van der Waals surface area contributed by atoms with Crippen LogP contribution in [-0.4, -0.2) is 46.4 Å². The van der Waals surface area contributed by atoms with E-state index in [9.17, 15) is 9.59 Å². The maximum atomic E-state index is 13.3. The van der Waals surface area contributed by atoms with Gasteiger partial charge in [-0.2, -0.15) is 0 Å².